The summed E-state index contributed by atoms with van der Waals surface area (Å²) >= 11 is 1.62. The number of nitrogens with zero attached hydrogens (tertiary/aromatic N) is 2. The second-order valence-electron chi connectivity index (χ2n) is 6.19. The van der Waals surface area contributed by atoms with Crippen molar-refractivity contribution in [2.45, 2.75) is 39.2 Å². The molecule has 0 N–H and O–H groups in total. The second kappa shape index (κ2) is 6.61. The number of hydrogen-bond donors (Lipinski definition) is 0. The predicted molar refractivity (Wildman–Crippen MR) is 92.8 cm³/mol. The molecule has 1 aromatic carbocycles. The molecule has 0 spiro atoms. The van der Waals surface area contributed by atoms with Gasteiger partial charge >= 0.3 is 0 Å². The lowest BCUT2D eigenvalue weighted by molar-refractivity contribution is -0.130. The molecule has 1 fully saturated rings. The highest BCUT2D eigenvalue weighted by atomic mass is 32.1. The van der Waals surface area contributed by atoms with Crippen molar-refractivity contribution in [2.24, 2.45) is 5.92 Å². The van der Waals surface area contributed by atoms with Gasteiger partial charge in [-0.1, -0.05) is 26.0 Å². The quantitative estimate of drug-likeness (QED) is 0.789. The molecule has 1 aliphatic heterocycles. The summed E-state index contributed by atoms with van der Waals surface area (Å²) in [5.41, 5.74) is 0.998. The third kappa shape index (κ3) is 3.22. The molecule has 0 saturated carbocycles. The Balaban J connectivity index is 1.74. The average molecular weight is 314 g/mol. The normalized spacial score (nSPS) is 19.4. The number of para-hydroxylation sites is 1. The first kappa shape index (κ1) is 15.2. The zero-order valence-corrected chi connectivity index (χ0v) is 14.0. The van der Waals surface area contributed by atoms with E-state index in [-0.39, 0.29) is 5.91 Å². The summed E-state index contributed by atoms with van der Waals surface area (Å²) in [6, 6.07) is 8.44. The number of hydrogen-bond acceptors (Lipinski definition) is 3. The number of carbonyl (C=O) groups excluding carboxylic acids is 1. The van der Waals surface area contributed by atoms with Gasteiger partial charge < -0.3 is 4.90 Å². The highest BCUT2D eigenvalue weighted by Gasteiger charge is 2.27. The van der Waals surface area contributed by atoms with Crippen LogP contribution in [0.3, 0.4) is 0 Å². The van der Waals surface area contributed by atoms with E-state index in [0.717, 1.165) is 34.6 Å². The first-order chi connectivity index (χ1) is 10.6. The maximum absolute atomic E-state index is 12.5. The standard InChI is InChI=1S/C18H22N2OS/c1-13(2)15-8-5-6-12-20(15)18(21)11-10-17-19-14-7-3-4-9-16(14)22-17/h3-4,7,9-11,13,15H,5-6,8,12H2,1-2H3. The number of thiazole rings is 1. The molecule has 0 radical (unpaired) electrons. The first-order valence-electron chi connectivity index (χ1n) is 7.99. The molecule has 3 rings (SSSR count). The summed E-state index contributed by atoms with van der Waals surface area (Å²) in [6.07, 6.45) is 7.02. The van der Waals surface area contributed by atoms with E-state index in [1.54, 1.807) is 17.4 Å². The lowest BCUT2D eigenvalue weighted by Gasteiger charge is -2.37. The number of piperidine rings is 1. The minimum Gasteiger partial charge on any atom is -0.336 e. The molecule has 0 bridgehead atoms. The zero-order valence-electron chi connectivity index (χ0n) is 13.2. The third-order valence-corrected chi connectivity index (χ3v) is 5.28. The predicted octanol–water partition coefficient (Wildman–Crippen LogP) is 4.35. The molecule has 1 saturated heterocycles. The van der Waals surface area contributed by atoms with E-state index in [9.17, 15) is 4.79 Å². The van der Waals surface area contributed by atoms with Gasteiger partial charge in [0.25, 0.3) is 0 Å². The largest absolute Gasteiger partial charge is 0.336 e. The van der Waals surface area contributed by atoms with Crippen molar-refractivity contribution >= 4 is 33.5 Å². The van der Waals surface area contributed by atoms with Crippen LogP contribution in [0.4, 0.5) is 0 Å². The smallest absolute Gasteiger partial charge is 0.246 e. The Morgan fingerprint density at radius 3 is 2.95 bits per heavy atom. The van der Waals surface area contributed by atoms with Crippen LogP contribution in [-0.4, -0.2) is 28.4 Å². The van der Waals surface area contributed by atoms with Crippen LogP contribution in [0.15, 0.2) is 30.3 Å². The Bertz CT molecular complexity index is 656. The Morgan fingerprint density at radius 2 is 2.18 bits per heavy atom. The van der Waals surface area contributed by atoms with Gasteiger partial charge in [-0.25, -0.2) is 4.98 Å². The molecule has 1 aromatic heterocycles. The van der Waals surface area contributed by atoms with E-state index in [1.165, 1.54) is 6.42 Å². The number of likely N-dealkylation sites (tertiary alicyclic amines) is 1. The molecule has 0 aliphatic carbocycles. The maximum Gasteiger partial charge on any atom is 0.246 e. The fourth-order valence-electron chi connectivity index (χ4n) is 3.12. The number of carbonyl (C=O) groups is 1. The summed E-state index contributed by atoms with van der Waals surface area (Å²) < 4.78 is 1.16. The van der Waals surface area contributed by atoms with Gasteiger partial charge in [-0.05, 0) is 43.4 Å². The number of benzene rings is 1. The van der Waals surface area contributed by atoms with Crippen LogP contribution in [-0.2, 0) is 4.79 Å². The fraction of sp³-hybridized carbons (Fsp3) is 0.444. The fourth-order valence-corrected chi connectivity index (χ4v) is 3.99. The molecule has 4 heteroatoms. The van der Waals surface area contributed by atoms with E-state index in [1.807, 2.05) is 29.2 Å². The highest BCUT2D eigenvalue weighted by Crippen LogP contribution is 2.25. The van der Waals surface area contributed by atoms with Crippen molar-refractivity contribution in [3.63, 3.8) is 0 Å². The van der Waals surface area contributed by atoms with Crippen molar-refractivity contribution in [1.29, 1.82) is 0 Å². The molecular formula is C18H22N2OS. The van der Waals surface area contributed by atoms with Crippen LogP contribution in [0.2, 0.25) is 0 Å². The Morgan fingerprint density at radius 1 is 1.36 bits per heavy atom. The van der Waals surface area contributed by atoms with Crippen molar-refractivity contribution in [3.05, 3.63) is 35.3 Å². The van der Waals surface area contributed by atoms with E-state index in [4.69, 9.17) is 0 Å². The van der Waals surface area contributed by atoms with Crippen molar-refractivity contribution in [1.82, 2.24) is 9.88 Å². The lowest BCUT2D eigenvalue weighted by atomic mass is 9.93. The summed E-state index contributed by atoms with van der Waals surface area (Å²) in [5.74, 6) is 0.637. The van der Waals surface area contributed by atoms with Crippen LogP contribution in [0.25, 0.3) is 16.3 Å². The molecule has 3 nitrogen and oxygen atoms in total. The number of aromatic nitrogens is 1. The number of rotatable bonds is 3. The van der Waals surface area contributed by atoms with Crippen LogP contribution in [0.5, 0.6) is 0 Å². The van der Waals surface area contributed by atoms with Gasteiger partial charge in [0.1, 0.15) is 5.01 Å². The Kier molecular flexibility index (Phi) is 4.57. The van der Waals surface area contributed by atoms with Crippen LogP contribution in [0, 0.1) is 5.92 Å². The topological polar surface area (TPSA) is 33.2 Å². The Labute approximate surface area is 135 Å². The minimum atomic E-state index is 0.123. The van der Waals surface area contributed by atoms with Gasteiger partial charge in [-0.15, -0.1) is 11.3 Å². The SMILES string of the molecule is CC(C)C1CCCCN1C(=O)C=Cc1nc2ccccc2s1. The second-order valence-corrected chi connectivity index (χ2v) is 7.25. The van der Waals surface area contributed by atoms with E-state index in [0.29, 0.717) is 12.0 Å². The van der Waals surface area contributed by atoms with Crippen molar-refractivity contribution in [2.75, 3.05) is 6.54 Å². The van der Waals surface area contributed by atoms with Crippen molar-refractivity contribution in [3.8, 4) is 0 Å². The molecule has 2 heterocycles. The van der Waals surface area contributed by atoms with Gasteiger partial charge in [0, 0.05) is 18.7 Å². The number of amides is 1. The van der Waals surface area contributed by atoms with Crippen LogP contribution < -0.4 is 0 Å². The lowest BCUT2D eigenvalue weighted by Crippen LogP contribution is -2.45. The maximum atomic E-state index is 12.5. The number of fused-ring (bicyclic) bond motifs is 1. The Hall–Kier alpha value is -1.68. The molecule has 116 valence electrons. The summed E-state index contributed by atoms with van der Waals surface area (Å²) in [6.45, 7) is 5.28. The molecule has 1 unspecified atom stereocenters. The molecule has 2 aromatic rings. The van der Waals surface area contributed by atoms with E-state index < -0.39 is 0 Å². The minimum absolute atomic E-state index is 0.123. The van der Waals surface area contributed by atoms with Crippen molar-refractivity contribution < 1.29 is 4.79 Å². The summed E-state index contributed by atoms with van der Waals surface area (Å²) in [7, 11) is 0. The van der Waals surface area contributed by atoms with Gasteiger partial charge in [0.15, 0.2) is 0 Å². The first-order valence-corrected chi connectivity index (χ1v) is 8.81. The third-order valence-electron chi connectivity index (χ3n) is 4.28. The van der Waals surface area contributed by atoms with Crippen LogP contribution in [0.1, 0.15) is 38.1 Å². The molecule has 22 heavy (non-hydrogen) atoms. The van der Waals surface area contributed by atoms with Crippen LogP contribution >= 0.6 is 11.3 Å². The highest BCUT2D eigenvalue weighted by molar-refractivity contribution is 7.19. The van der Waals surface area contributed by atoms with E-state index >= 15 is 0 Å². The molecule has 1 amide bonds. The summed E-state index contributed by atoms with van der Waals surface area (Å²) in [5, 5.41) is 0.896. The zero-order chi connectivity index (χ0) is 15.5. The average Bonchev–Trinajstić information content (AvgIpc) is 2.95. The van der Waals surface area contributed by atoms with Gasteiger partial charge in [0.05, 0.1) is 10.2 Å². The molecular weight excluding hydrogens is 292 g/mol. The van der Waals surface area contributed by atoms with Gasteiger partial charge in [-0.3, -0.25) is 4.79 Å². The molecule has 1 aliphatic rings. The summed E-state index contributed by atoms with van der Waals surface area (Å²) in [4.78, 5) is 19.1. The molecule has 1 atom stereocenters. The van der Waals surface area contributed by atoms with E-state index in [2.05, 4.69) is 24.9 Å². The van der Waals surface area contributed by atoms with Gasteiger partial charge in [0.2, 0.25) is 5.91 Å². The monoisotopic (exact) mass is 314 g/mol. The van der Waals surface area contributed by atoms with Gasteiger partial charge in [-0.2, -0.15) is 0 Å².